The van der Waals surface area contributed by atoms with Gasteiger partial charge in [-0.15, -0.1) is 0 Å². The van der Waals surface area contributed by atoms with Crippen LogP contribution in [0.4, 0.5) is 5.69 Å². The third-order valence-electron chi connectivity index (χ3n) is 4.98. The Morgan fingerprint density at radius 3 is 2.68 bits per heavy atom. The molecule has 1 aliphatic heterocycles. The van der Waals surface area contributed by atoms with Crippen LogP contribution in [0, 0.1) is 17.0 Å². The predicted octanol–water partition coefficient (Wildman–Crippen LogP) is 5.49. The van der Waals surface area contributed by atoms with Gasteiger partial charge in [-0.3, -0.25) is 10.1 Å². The number of carbonyl (C=O) groups excluding carboxylic acids is 1. The third kappa shape index (κ3) is 5.07. The Hall–Kier alpha value is -4.17. The maximum Gasteiger partial charge on any atom is 0.363 e. The summed E-state index contributed by atoms with van der Waals surface area (Å²) in [5, 5.41) is 11.2. The van der Waals surface area contributed by atoms with Crippen molar-refractivity contribution >= 4 is 35.2 Å². The number of hydrogen-bond acceptors (Lipinski definition) is 7. The van der Waals surface area contributed by atoms with Crippen LogP contribution in [0.3, 0.4) is 0 Å². The van der Waals surface area contributed by atoms with Gasteiger partial charge in [0.05, 0.1) is 22.6 Å². The molecular weight excluding hydrogens is 460 g/mol. The second kappa shape index (κ2) is 9.76. The maximum atomic E-state index is 12.4. The third-order valence-corrected chi connectivity index (χ3v) is 5.31. The van der Waals surface area contributed by atoms with Crippen LogP contribution in [0.15, 0.2) is 71.4 Å². The van der Waals surface area contributed by atoms with E-state index in [0.717, 1.165) is 11.1 Å². The van der Waals surface area contributed by atoms with E-state index in [2.05, 4.69) is 4.99 Å². The molecule has 0 unspecified atom stereocenters. The number of halogens is 1. The summed E-state index contributed by atoms with van der Waals surface area (Å²) < 4.78 is 16.5. The highest BCUT2D eigenvalue weighted by molar-refractivity contribution is 6.34. The number of nitro benzene ring substituents is 1. The minimum Gasteiger partial charge on any atom is -0.493 e. The van der Waals surface area contributed by atoms with E-state index >= 15 is 0 Å². The number of nitro groups is 1. The van der Waals surface area contributed by atoms with Crippen molar-refractivity contribution in [2.75, 3.05) is 7.11 Å². The fourth-order valence-electron chi connectivity index (χ4n) is 3.33. The minimum absolute atomic E-state index is 0.0213. The number of hydrogen-bond donors (Lipinski definition) is 0. The van der Waals surface area contributed by atoms with Crippen molar-refractivity contribution in [3.05, 3.63) is 104 Å². The van der Waals surface area contributed by atoms with Crippen molar-refractivity contribution in [3.8, 4) is 11.5 Å². The summed E-state index contributed by atoms with van der Waals surface area (Å²) in [4.78, 5) is 27.0. The van der Waals surface area contributed by atoms with Gasteiger partial charge in [0.2, 0.25) is 5.90 Å². The molecule has 1 aliphatic rings. The van der Waals surface area contributed by atoms with Crippen LogP contribution in [0.25, 0.3) is 6.08 Å². The van der Waals surface area contributed by atoms with Gasteiger partial charge in [0.1, 0.15) is 6.61 Å². The van der Waals surface area contributed by atoms with E-state index in [1.54, 1.807) is 18.2 Å². The Balaban J connectivity index is 1.57. The molecule has 0 aromatic heterocycles. The number of methoxy groups -OCH3 is 1. The first-order valence-electron chi connectivity index (χ1n) is 10.2. The second-order valence-corrected chi connectivity index (χ2v) is 7.85. The number of cyclic esters (lactones) is 1. The lowest BCUT2D eigenvalue weighted by Gasteiger charge is -2.12. The zero-order valence-corrected chi connectivity index (χ0v) is 19.0. The highest BCUT2D eigenvalue weighted by Crippen LogP contribution is 2.31. The Labute approximate surface area is 200 Å². The van der Waals surface area contributed by atoms with Crippen molar-refractivity contribution in [3.63, 3.8) is 0 Å². The average molecular weight is 479 g/mol. The minimum atomic E-state index is -0.698. The van der Waals surface area contributed by atoms with Gasteiger partial charge < -0.3 is 14.2 Å². The molecule has 0 amide bonds. The number of nitrogens with zero attached hydrogens (tertiary/aromatic N) is 2. The number of ether oxygens (including phenoxy) is 3. The first kappa shape index (κ1) is 23.0. The van der Waals surface area contributed by atoms with Crippen molar-refractivity contribution in [1.82, 2.24) is 0 Å². The van der Waals surface area contributed by atoms with Crippen LogP contribution >= 0.6 is 11.6 Å². The molecule has 4 rings (SSSR count). The largest absolute Gasteiger partial charge is 0.493 e. The average Bonchev–Trinajstić information content (AvgIpc) is 3.18. The lowest BCUT2D eigenvalue weighted by Crippen LogP contribution is -2.06. The van der Waals surface area contributed by atoms with E-state index in [4.69, 9.17) is 25.8 Å². The molecule has 0 saturated carbocycles. The molecule has 0 N–H and O–H groups in total. The monoisotopic (exact) mass is 478 g/mol. The van der Waals surface area contributed by atoms with E-state index in [1.807, 2.05) is 31.2 Å². The first-order chi connectivity index (χ1) is 16.3. The number of esters is 1. The van der Waals surface area contributed by atoms with E-state index in [1.165, 1.54) is 31.4 Å². The standard InChI is InChI=1S/C25H19ClN2O6/c1-15-4-3-5-17(10-15)14-33-22-9-6-16(12-23(22)32-2)11-21-25(29)34-24(27-21)19-13-18(28(30)31)7-8-20(19)26/h3-13H,14H2,1-2H3/b21-11-. The summed E-state index contributed by atoms with van der Waals surface area (Å²) in [5.41, 5.74) is 2.79. The van der Waals surface area contributed by atoms with E-state index in [-0.39, 0.29) is 27.9 Å². The van der Waals surface area contributed by atoms with E-state index < -0.39 is 10.9 Å². The molecule has 3 aromatic rings. The molecule has 9 heteroatoms. The summed E-state index contributed by atoms with van der Waals surface area (Å²) in [6.45, 7) is 2.39. The van der Waals surface area contributed by atoms with Gasteiger partial charge in [-0.25, -0.2) is 9.79 Å². The SMILES string of the molecule is COc1cc(/C=C2\N=C(c3cc([N+](=O)[O-])ccc3Cl)OC2=O)ccc1OCc1cccc(C)c1. The number of carbonyl (C=O) groups is 1. The molecule has 0 bridgehead atoms. The Morgan fingerprint density at radius 1 is 1.12 bits per heavy atom. The normalized spacial score (nSPS) is 14.0. The molecule has 3 aromatic carbocycles. The quantitative estimate of drug-likeness (QED) is 0.193. The lowest BCUT2D eigenvalue weighted by molar-refractivity contribution is -0.384. The molecule has 1 heterocycles. The molecule has 0 atom stereocenters. The summed E-state index contributed by atoms with van der Waals surface area (Å²) in [6.07, 6.45) is 1.52. The number of benzene rings is 3. The van der Waals surface area contributed by atoms with Gasteiger partial charge in [-0.1, -0.05) is 47.5 Å². The van der Waals surface area contributed by atoms with Crippen molar-refractivity contribution < 1.29 is 23.9 Å². The summed E-state index contributed by atoms with van der Waals surface area (Å²) in [6, 6.07) is 17.0. The molecule has 0 radical (unpaired) electrons. The Morgan fingerprint density at radius 2 is 1.94 bits per heavy atom. The fraction of sp³-hybridized carbons (Fsp3) is 0.120. The Kier molecular flexibility index (Phi) is 6.60. The van der Waals surface area contributed by atoms with Crippen LogP contribution in [-0.4, -0.2) is 23.9 Å². The Bertz CT molecular complexity index is 1350. The van der Waals surface area contributed by atoms with Crippen LogP contribution in [-0.2, 0) is 16.1 Å². The smallest absolute Gasteiger partial charge is 0.363 e. The molecule has 0 fully saturated rings. The molecule has 34 heavy (non-hydrogen) atoms. The van der Waals surface area contributed by atoms with Crippen molar-refractivity contribution in [2.24, 2.45) is 4.99 Å². The van der Waals surface area contributed by atoms with Crippen LogP contribution in [0.5, 0.6) is 11.5 Å². The zero-order chi connectivity index (χ0) is 24.2. The highest BCUT2D eigenvalue weighted by atomic mass is 35.5. The molecule has 172 valence electrons. The number of aryl methyl sites for hydroxylation is 1. The molecule has 8 nitrogen and oxygen atoms in total. The number of non-ortho nitro benzene ring substituents is 1. The topological polar surface area (TPSA) is 100 Å². The second-order valence-electron chi connectivity index (χ2n) is 7.45. The highest BCUT2D eigenvalue weighted by Gasteiger charge is 2.27. The number of aliphatic imine (C=N–C) groups is 1. The number of rotatable bonds is 7. The molecule has 0 saturated heterocycles. The summed E-state index contributed by atoms with van der Waals surface area (Å²) in [5.74, 6) is 0.235. The molecule has 0 spiro atoms. The lowest BCUT2D eigenvalue weighted by atomic mass is 10.1. The van der Waals surface area contributed by atoms with Crippen LogP contribution in [0.2, 0.25) is 5.02 Å². The van der Waals surface area contributed by atoms with Gasteiger partial charge in [0.25, 0.3) is 5.69 Å². The summed E-state index contributed by atoms with van der Waals surface area (Å²) in [7, 11) is 1.52. The fourth-order valence-corrected chi connectivity index (χ4v) is 3.53. The van der Waals surface area contributed by atoms with Crippen molar-refractivity contribution in [1.29, 1.82) is 0 Å². The van der Waals surface area contributed by atoms with Gasteiger partial charge in [0.15, 0.2) is 17.2 Å². The molecule has 0 aliphatic carbocycles. The maximum absolute atomic E-state index is 12.4. The summed E-state index contributed by atoms with van der Waals surface area (Å²) >= 11 is 6.13. The van der Waals surface area contributed by atoms with Gasteiger partial charge in [0, 0.05) is 12.1 Å². The van der Waals surface area contributed by atoms with Gasteiger partial charge in [-0.2, -0.15) is 0 Å². The van der Waals surface area contributed by atoms with Crippen LogP contribution in [0.1, 0.15) is 22.3 Å². The van der Waals surface area contributed by atoms with Crippen LogP contribution < -0.4 is 9.47 Å². The van der Waals surface area contributed by atoms with Gasteiger partial charge in [-0.05, 0) is 42.3 Å². The predicted molar refractivity (Wildman–Crippen MR) is 127 cm³/mol. The van der Waals surface area contributed by atoms with E-state index in [9.17, 15) is 14.9 Å². The van der Waals surface area contributed by atoms with E-state index in [0.29, 0.717) is 23.7 Å². The van der Waals surface area contributed by atoms with Gasteiger partial charge >= 0.3 is 5.97 Å². The zero-order valence-electron chi connectivity index (χ0n) is 18.3. The van der Waals surface area contributed by atoms with Crippen molar-refractivity contribution in [2.45, 2.75) is 13.5 Å². The molecular formula is C25H19ClN2O6. The first-order valence-corrected chi connectivity index (χ1v) is 10.5.